The highest BCUT2D eigenvalue weighted by Gasteiger charge is 2.67. The summed E-state index contributed by atoms with van der Waals surface area (Å²) in [6.07, 6.45) is -3.50. The van der Waals surface area contributed by atoms with Crippen molar-refractivity contribution < 1.29 is 38.4 Å². The minimum atomic E-state index is -2.49. The van der Waals surface area contributed by atoms with Crippen LogP contribution < -0.4 is 4.74 Å². The molecule has 0 aliphatic carbocycles. The van der Waals surface area contributed by atoms with Crippen molar-refractivity contribution in [3.63, 3.8) is 0 Å². The maximum Gasteiger partial charge on any atom is 0.413 e. The van der Waals surface area contributed by atoms with E-state index in [0.717, 1.165) is 11.1 Å². The monoisotopic (exact) mass is 649 g/mol. The first-order valence-corrected chi connectivity index (χ1v) is 18.7. The summed E-state index contributed by atoms with van der Waals surface area (Å²) in [7, 11) is -2.49. The minimum Gasteiger partial charge on any atom is -0.489 e. The van der Waals surface area contributed by atoms with Crippen LogP contribution in [-0.2, 0) is 37.6 Å². The molecule has 3 aromatic carbocycles. The molecule has 2 heterocycles. The fourth-order valence-corrected chi connectivity index (χ4v) is 7.17. The van der Waals surface area contributed by atoms with E-state index in [1.807, 2.05) is 60.7 Å². The fraction of sp³-hybridized carbons (Fsp3) is 0.472. The molecule has 2 fully saturated rings. The van der Waals surface area contributed by atoms with E-state index < -0.39 is 56.9 Å². The van der Waals surface area contributed by atoms with Crippen molar-refractivity contribution in [1.82, 2.24) is 4.90 Å². The molecule has 5 rings (SSSR count). The molecule has 1 unspecified atom stereocenters. The van der Waals surface area contributed by atoms with Gasteiger partial charge in [0.15, 0.2) is 19.8 Å². The Kier molecular flexibility index (Phi) is 9.71. The molecular weight excluding hydrogens is 602 g/mol. The molecule has 1 amide bonds. The molecule has 0 saturated carbocycles. The zero-order chi connectivity index (χ0) is 33.3. The molecule has 0 bridgehead atoms. The number of likely N-dealkylation sites (tertiary alicyclic amines) is 1. The molecular formula is C36H47NO8Si. The molecule has 0 aromatic heterocycles. The summed E-state index contributed by atoms with van der Waals surface area (Å²) in [4.78, 5) is 15.4. The standard InChI is InChI=1S/C36H47NO8Si/c1-34(2,3)46(6,7)45-30-29(22-38)37(33(39)42-24-26-16-12-9-13-17-26)36(40,32-31(30)43-35(4,5)44-32)27-18-20-28(21-19-27)41-23-25-14-10-8-11-15-25/h8-21,29-32,38,40H,22-24H2,1-7H3/t29-,30-,31+,32+,36?/m1/s1. The average molecular weight is 650 g/mol. The van der Waals surface area contributed by atoms with E-state index in [9.17, 15) is 15.0 Å². The van der Waals surface area contributed by atoms with Crippen LogP contribution in [0, 0.1) is 0 Å². The van der Waals surface area contributed by atoms with E-state index in [2.05, 4.69) is 33.9 Å². The number of benzene rings is 3. The number of nitrogens with zero attached hydrogens (tertiary/aromatic N) is 1. The second kappa shape index (κ2) is 13.1. The van der Waals surface area contributed by atoms with Gasteiger partial charge in [-0.2, -0.15) is 0 Å². The topological polar surface area (TPSA) is 107 Å². The van der Waals surface area contributed by atoms with Gasteiger partial charge in [0.1, 0.15) is 31.2 Å². The predicted octanol–water partition coefficient (Wildman–Crippen LogP) is 6.33. The summed E-state index contributed by atoms with van der Waals surface area (Å²) in [5.41, 5.74) is 0.0670. The first-order valence-electron chi connectivity index (χ1n) is 15.8. The van der Waals surface area contributed by atoms with Crippen molar-refractivity contribution in [2.24, 2.45) is 0 Å². The number of rotatable bonds is 9. The van der Waals surface area contributed by atoms with E-state index in [4.69, 9.17) is 23.4 Å². The van der Waals surface area contributed by atoms with Crippen molar-refractivity contribution in [1.29, 1.82) is 0 Å². The Morgan fingerprint density at radius 1 is 0.891 bits per heavy atom. The van der Waals surface area contributed by atoms with Gasteiger partial charge in [-0.25, -0.2) is 4.79 Å². The Balaban J connectivity index is 1.55. The second-order valence-corrected chi connectivity index (χ2v) is 18.8. The molecule has 248 valence electrons. The van der Waals surface area contributed by atoms with E-state index in [0.29, 0.717) is 17.9 Å². The highest BCUT2D eigenvalue weighted by molar-refractivity contribution is 6.74. The first kappa shape index (κ1) is 34.1. The van der Waals surface area contributed by atoms with Crippen molar-refractivity contribution in [3.05, 3.63) is 102 Å². The summed E-state index contributed by atoms with van der Waals surface area (Å²) < 4.78 is 31.6. The van der Waals surface area contributed by atoms with Crippen molar-refractivity contribution in [3.8, 4) is 5.75 Å². The Morgan fingerprint density at radius 3 is 2.00 bits per heavy atom. The molecule has 2 aliphatic heterocycles. The average Bonchev–Trinajstić information content (AvgIpc) is 3.36. The third-order valence-corrected chi connectivity index (χ3v) is 13.8. The fourth-order valence-electron chi connectivity index (χ4n) is 5.85. The first-order chi connectivity index (χ1) is 21.7. The highest BCUT2D eigenvalue weighted by Crippen LogP contribution is 2.50. The number of aliphatic hydroxyl groups is 2. The summed E-state index contributed by atoms with van der Waals surface area (Å²) in [5, 5.41) is 23.7. The normalized spacial score (nSPS) is 26.0. The maximum atomic E-state index is 14.2. The van der Waals surface area contributed by atoms with Gasteiger partial charge < -0.3 is 33.6 Å². The quantitative estimate of drug-likeness (QED) is 0.259. The van der Waals surface area contributed by atoms with Crippen LogP contribution in [0.2, 0.25) is 18.1 Å². The lowest BCUT2D eigenvalue weighted by atomic mass is 9.81. The van der Waals surface area contributed by atoms with Gasteiger partial charge in [-0.15, -0.1) is 0 Å². The summed E-state index contributed by atoms with van der Waals surface area (Å²) in [6, 6.07) is 25.0. The molecule has 2 saturated heterocycles. The number of aliphatic hydroxyl groups excluding tert-OH is 1. The lowest BCUT2D eigenvalue weighted by Gasteiger charge is -2.55. The Morgan fingerprint density at radius 2 is 1.46 bits per heavy atom. The Bertz CT molecular complexity index is 1460. The van der Waals surface area contributed by atoms with Crippen molar-refractivity contribution in [2.75, 3.05) is 6.61 Å². The van der Waals surface area contributed by atoms with Crippen molar-refractivity contribution >= 4 is 14.4 Å². The Labute approximate surface area is 273 Å². The van der Waals surface area contributed by atoms with Gasteiger partial charge in [0, 0.05) is 5.56 Å². The van der Waals surface area contributed by atoms with E-state index in [-0.39, 0.29) is 11.6 Å². The third kappa shape index (κ3) is 6.88. The van der Waals surface area contributed by atoms with Gasteiger partial charge in [0.2, 0.25) is 0 Å². The molecule has 10 heteroatoms. The molecule has 0 radical (unpaired) electrons. The number of hydrogen-bond donors (Lipinski definition) is 2. The van der Waals surface area contributed by atoms with Gasteiger partial charge in [-0.3, -0.25) is 4.90 Å². The van der Waals surface area contributed by atoms with Crippen molar-refractivity contribution in [2.45, 2.75) is 102 Å². The van der Waals surface area contributed by atoms with E-state index in [1.165, 1.54) is 4.90 Å². The SMILES string of the molecule is CC1(C)O[C@H]2[C@H](O[Si](C)(C)C(C)(C)C)[C@@H](CO)N(C(=O)OCc3ccccc3)C(O)(c3ccc(OCc4ccccc4)cc3)[C@H]2O1. The number of ether oxygens (including phenoxy) is 4. The number of hydrogen-bond acceptors (Lipinski definition) is 8. The molecule has 2 aliphatic rings. The molecule has 2 N–H and O–H groups in total. The van der Waals surface area contributed by atoms with Crippen LogP contribution in [0.25, 0.3) is 0 Å². The highest BCUT2D eigenvalue weighted by atomic mass is 28.4. The Hall–Kier alpha value is -3.25. The van der Waals surface area contributed by atoms with E-state index in [1.54, 1.807) is 38.1 Å². The van der Waals surface area contributed by atoms with Crippen LogP contribution in [0.5, 0.6) is 5.75 Å². The number of carbonyl (C=O) groups is 1. The number of piperidine rings is 1. The van der Waals surface area contributed by atoms with Gasteiger partial charge in [-0.1, -0.05) is 93.6 Å². The lowest BCUT2D eigenvalue weighted by molar-refractivity contribution is -0.248. The van der Waals surface area contributed by atoms with Crippen LogP contribution in [0.15, 0.2) is 84.9 Å². The molecule has 0 spiro atoms. The molecule has 46 heavy (non-hydrogen) atoms. The molecule has 9 nitrogen and oxygen atoms in total. The summed E-state index contributed by atoms with van der Waals surface area (Å²) >= 11 is 0. The van der Waals surface area contributed by atoms with Gasteiger partial charge in [-0.05, 0) is 55.2 Å². The number of carbonyl (C=O) groups excluding carboxylic acids is 1. The zero-order valence-electron chi connectivity index (χ0n) is 27.8. The minimum absolute atomic E-state index is 0.0264. The van der Waals surface area contributed by atoms with Gasteiger partial charge in [0.25, 0.3) is 0 Å². The summed E-state index contributed by atoms with van der Waals surface area (Å²) in [6.45, 7) is 13.9. The van der Waals surface area contributed by atoms with Crippen LogP contribution in [0.1, 0.15) is 51.3 Å². The molecule has 3 aromatic rings. The predicted molar refractivity (Wildman–Crippen MR) is 176 cm³/mol. The van der Waals surface area contributed by atoms with Crippen LogP contribution in [0.3, 0.4) is 0 Å². The largest absolute Gasteiger partial charge is 0.489 e. The van der Waals surface area contributed by atoms with E-state index >= 15 is 0 Å². The smallest absolute Gasteiger partial charge is 0.413 e. The zero-order valence-corrected chi connectivity index (χ0v) is 28.8. The summed E-state index contributed by atoms with van der Waals surface area (Å²) in [5.74, 6) is -0.523. The lowest BCUT2D eigenvalue weighted by Crippen LogP contribution is -2.74. The number of fused-ring (bicyclic) bond motifs is 1. The number of amides is 1. The molecule has 5 atom stereocenters. The van der Waals surface area contributed by atoms with Crippen LogP contribution >= 0.6 is 0 Å². The van der Waals surface area contributed by atoms with Crippen LogP contribution in [-0.4, -0.2) is 66.3 Å². The van der Waals surface area contributed by atoms with Gasteiger partial charge >= 0.3 is 6.09 Å². The second-order valence-electron chi connectivity index (χ2n) is 14.0. The third-order valence-electron chi connectivity index (χ3n) is 9.28. The van der Waals surface area contributed by atoms with Gasteiger partial charge in [0.05, 0.1) is 18.8 Å². The van der Waals surface area contributed by atoms with Crippen LogP contribution in [0.4, 0.5) is 4.79 Å². The maximum absolute atomic E-state index is 14.2.